The first-order valence-corrected chi connectivity index (χ1v) is 5.08. The van der Waals surface area contributed by atoms with Crippen LogP contribution in [0.4, 0.5) is 0 Å². The standard InChI is InChI=1S/C11H19NO/c1-3-4-5-9-12-10-7-6-8-11(10)13-2/h1,10-12H,4-9H2,2H3. The number of methoxy groups -OCH3 is 1. The fraction of sp³-hybridized carbons (Fsp3) is 0.818. The minimum absolute atomic E-state index is 0.422. The molecule has 0 radical (unpaired) electrons. The van der Waals surface area contributed by atoms with Gasteiger partial charge in [-0.3, -0.25) is 0 Å². The number of hydrogen-bond acceptors (Lipinski definition) is 2. The molecule has 1 fully saturated rings. The van der Waals surface area contributed by atoms with Gasteiger partial charge in [-0.05, 0) is 32.2 Å². The maximum absolute atomic E-state index is 5.38. The molecule has 0 aromatic heterocycles. The van der Waals surface area contributed by atoms with Gasteiger partial charge in [-0.25, -0.2) is 0 Å². The van der Waals surface area contributed by atoms with Crippen molar-refractivity contribution in [2.24, 2.45) is 0 Å². The number of terminal acetylenes is 1. The minimum Gasteiger partial charge on any atom is -0.380 e. The van der Waals surface area contributed by atoms with Crippen LogP contribution in [0.1, 0.15) is 32.1 Å². The second kappa shape index (κ2) is 6.01. The van der Waals surface area contributed by atoms with Crippen LogP contribution >= 0.6 is 0 Å². The molecular formula is C11H19NO. The van der Waals surface area contributed by atoms with Gasteiger partial charge in [0.1, 0.15) is 0 Å². The van der Waals surface area contributed by atoms with Crippen LogP contribution in [-0.4, -0.2) is 25.8 Å². The Kier molecular flexibility index (Phi) is 4.88. The lowest BCUT2D eigenvalue weighted by molar-refractivity contribution is 0.0853. The third-order valence-electron chi connectivity index (χ3n) is 2.66. The highest BCUT2D eigenvalue weighted by atomic mass is 16.5. The Labute approximate surface area is 81.0 Å². The number of hydrogen-bond donors (Lipinski definition) is 1. The van der Waals surface area contributed by atoms with Gasteiger partial charge in [-0.15, -0.1) is 12.3 Å². The third-order valence-corrected chi connectivity index (χ3v) is 2.66. The van der Waals surface area contributed by atoms with Crippen LogP contribution in [0.2, 0.25) is 0 Å². The monoisotopic (exact) mass is 181 g/mol. The van der Waals surface area contributed by atoms with E-state index in [1.54, 1.807) is 7.11 Å². The summed E-state index contributed by atoms with van der Waals surface area (Å²) in [5.74, 6) is 2.65. The smallest absolute Gasteiger partial charge is 0.0724 e. The highest BCUT2D eigenvalue weighted by Crippen LogP contribution is 2.21. The summed E-state index contributed by atoms with van der Waals surface area (Å²) in [6.45, 7) is 1.02. The van der Waals surface area contributed by atoms with Crippen molar-refractivity contribution in [3.8, 4) is 12.3 Å². The van der Waals surface area contributed by atoms with E-state index in [9.17, 15) is 0 Å². The van der Waals surface area contributed by atoms with Crippen LogP contribution in [-0.2, 0) is 4.74 Å². The topological polar surface area (TPSA) is 21.3 Å². The zero-order valence-corrected chi connectivity index (χ0v) is 8.38. The molecule has 0 bridgehead atoms. The molecule has 1 N–H and O–H groups in total. The second-order valence-corrected chi connectivity index (χ2v) is 3.57. The number of rotatable bonds is 5. The van der Waals surface area contributed by atoms with Crippen LogP contribution in [0, 0.1) is 12.3 Å². The molecule has 1 rings (SSSR count). The zero-order chi connectivity index (χ0) is 9.52. The van der Waals surface area contributed by atoms with Gasteiger partial charge in [-0.1, -0.05) is 0 Å². The molecule has 0 amide bonds. The summed E-state index contributed by atoms with van der Waals surface area (Å²) < 4.78 is 5.38. The number of nitrogens with one attached hydrogen (secondary N) is 1. The molecule has 2 nitrogen and oxygen atoms in total. The first kappa shape index (κ1) is 10.6. The average molecular weight is 181 g/mol. The van der Waals surface area contributed by atoms with Gasteiger partial charge in [0.25, 0.3) is 0 Å². The second-order valence-electron chi connectivity index (χ2n) is 3.57. The summed E-state index contributed by atoms with van der Waals surface area (Å²) in [5.41, 5.74) is 0. The Hall–Kier alpha value is -0.520. The van der Waals surface area contributed by atoms with Gasteiger partial charge >= 0.3 is 0 Å². The summed E-state index contributed by atoms with van der Waals surface area (Å²) in [7, 11) is 1.80. The van der Waals surface area contributed by atoms with Crippen molar-refractivity contribution in [1.82, 2.24) is 5.32 Å². The van der Waals surface area contributed by atoms with E-state index in [-0.39, 0.29) is 0 Å². The Morgan fingerprint density at radius 1 is 1.54 bits per heavy atom. The lowest BCUT2D eigenvalue weighted by Crippen LogP contribution is -2.37. The quantitative estimate of drug-likeness (QED) is 0.513. The van der Waals surface area contributed by atoms with Crippen molar-refractivity contribution >= 4 is 0 Å². The van der Waals surface area contributed by atoms with E-state index in [0.29, 0.717) is 12.1 Å². The van der Waals surface area contributed by atoms with Crippen molar-refractivity contribution in [3.05, 3.63) is 0 Å². The first-order chi connectivity index (χ1) is 6.38. The Morgan fingerprint density at radius 2 is 2.38 bits per heavy atom. The maximum atomic E-state index is 5.38. The SMILES string of the molecule is C#CCCCNC1CCCC1OC. The molecule has 0 saturated heterocycles. The van der Waals surface area contributed by atoms with E-state index >= 15 is 0 Å². The highest BCUT2D eigenvalue weighted by Gasteiger charge is 2.25. The van der Waals surface area contributed by atoms with Gasteiger partial charge in [0.15, 0.2) is 0 Å². The average Bonchev–Trinajstić information content (AvgIpc) is 2.60. The predicted octanol–water partition coefficient (Wildman–Crippen LogP) is 1.56. The van der Waals surface area contributed by atoms with E-state index in [2.05, 4.69) is 11.2 Å². The third kappa shape index (κ3) is 3.38. The van der Waals surface area contributed by atoms with E-state index < -0.39 is 0 Å². The number of unbranched alkanes of at least 4 members (excludes halogenated alkanes) is 1. The van der Waals surface area contributed by atoms with Crippen LogP contribution in [0.5, 0.6) is 0 Å². The molecule has 2 unspecified atom stereocenters. The Morgan fingerprint density at radius 3 is 3.08 bits per heavy atom. The fourth-order valence-electron chi connectivity index (χ4n) is 1.92. The first-order valence-electron chi connectivity index (χ1n) is 5.08. The van der Waals surface area contributed by atoms with Crippen molar-refractivity contribution in [3.63, 3.8) is 0 Å². The van der Waals surface area contributed by atoms with Crippen molar-refractivity contribution in [2.45, 2.75) is 44.2 Å². The molecule has 1 aliphatic carbocycles. The molecule has 1 aliphatic rings. The van der Waals surface area contributed by atoms with Gasteiger partial charge < -0.3 is 10.1 Å². The molecule has 0 heterocycles. The molecule has 0 aromatic rings. The molecule has 0 aromatic carbocycles. The molecular weight excluding hydrogens is 162 g/mol. The van der Waals surface area contributed by atoms with Gasteiger partial charge in [-0.2, -0.15) is 0 Å². The maximum Gasteiger partial charge on any atom is 0.0724 e. The van der Waals surface area contributed by atoms with Crippen LogP contribution in [0.3, 0.4) is 0 Å². The van der Waals surface area contributed by atoms with Crippen LogP contribution in [0.15, 0.2) is 0 Å². The zero-order valence-electron chi connectivity index (χ0n) is 8.38. The van der Waals surface area contributed by atoms with E-state index in [0.717, 1.165) is 19.4 Å². The Bertz CT molecular complexity index is 173. The van der Waals surface area contributed by atoms with Gasteiger partial charge in [0.2, 0.25) is 0 Å². The summed E-state index contributed by atoms with van der Waals surface area (Å²) >= 11 is 0. The summed E-state index contributed by atoms with van der Waals surface area (Å²) in [6, 6.07) is 0.558. The highest BCUT2D eigenvalue weighted by molar-refractivity contribution is 4.86. The van der Waals surface area contributed by atoms with Crippen LogP contribution < -0.4 is 5.32 Å². The van der Waals surface area contributed by atoms with Gasteiger partial charge in [0, 0.05) is 19.6 Å². The largest absolute Gasteiger partial charge is 0.380 e. The van der Waals surface area contributed by atoms with E-state index in [4.69, 9.17) is 11.2 Å². The summed E-state index contributed by atoms with van der Waals surface area (Å²) in [6.07, 6.45) is 11.3. The molecule has 2 heteroatoms. The molecule has 1 saturated carbocycles. The Balaban J connectivity index is 2.10. The fourth-order valence-corrected chi connectivity index (χ4v) is 1.92. The lowest BCUT2D eigenvalue weighted by Gasteiger charge is -2.19. The number of ether oxygens (including phenoxy) is 1. The molecule has 0 aliphatic heterocycles. The molecule has 74 valence electrons. The van der Waals surface area contributed by atoms with Crippen molar-refractivity contribution in [2.75, 3.05) is 13.7 Å². The summed E-state index contributed by atoms with van der Waals surface area (Å²) in [4.78, 5) is 0. The normalized spacial score (nSPS) is 27.4. The summed E-state index contributed by atoms with van der Waals surface area (Å²) in [5, 5.41) is 3.50. The van der Waals surface area contributed by atoms with Crippen molar-refractivity contribution < 1.29 is 4.74 Å². The minimum atomic E-state index is 0.422. The van der Waals surface area contributed by atoms with E-state index in [1.807, 2.05) is 0 Å². The molecule has 13 heavy (non-hydrogen) atoms. The molecule has 2 atom stereocenters. The van der Waals surface area contributed by atoms with E-state index in [1.165, 1.54) is 19.3 Å². The van der Waals surface area contributed by atoms with Crippen LogP contribution in [0.25, 0.3) is 0 Å². The van der Waals surface area contributed by atoms with Gasteiger partial charge in [0.05, 0.1) is 6.10 Å². The predicted molar refractivity (Wildman–Crippen MR) is 54.5 cm³/mol. The lowest BCUT2D eigenvalue weighted by atomic mass is 10.2. The molecule has 0 spiro atoms. The van der Waals surface area contributed by atoms with Crippen molar-refractivity contribution in [1.29, 1.82) is 0 Å².